The molecule has 9 aromatic carbocycles. The van der Waals surface area contributed by atoms with Crippen LogP contribution in [-0.2, 0) is 19.3 Å². The van der Waals surface area contributed by atoms with Crippen LogP contribution in [0, 0.1) is 300 Å². The lowest BCUT2D eigenvalue weighted by molar-refractivity contribution is -0.191. The van der Waals surface area contributed by atoms with Crippen LogP contribution in [0.2, 0.25) is 0 Å². The molecule has 0 aliphatic heterocycles. The highest BCUT2D eigenvalue weighted by molar-refractivity contribution is 5.97. The SMILES string of the molecule is CC1C(C)C(C)C2(C(C)C1C)C(C)C(C)C(C)C(C)C2C.CCCc1ccccc1.CCc1ccccc1.Cc1c(C)c(C)c(-c2c(C)c(C)c(C)c(C)c2C)c(C)c1C.Cc1c(C)c(C)c(C)c(C)c1C.Cc1c(C)c(C)c(Cc2c(C)c(C)c(C)c(C)c2C)c(C)c1C.Cc1c(C)c(C)c2c(C)c(C)c(C)c(C)c2c1C. The molecule has 11 rings (SSSR count). The van der Waals surface area contributed by atoms with Gasteiger partial charge in [-0.15, -0.1) is 0 Å². The molecule has 0 nitrogen and oxygen atoms in total. The summed E-state index contributed by atoms with van der Waals surface area (Å²) in [7, 11) is 0. The third-order valence-electron chi connectivity index (χ3n) is 33.7. The Morgan fingerprint density at radius 1 is 0.204 bits per heavy atom. The van der Waals surface area contributed by atoms with Crippen molar-refractivity contribution >= 4 is 10.8 Å². The van der Waals surface area contributed by atoms with Gasteiger partial charge in [0.15, 0.2) is 0 Å². The molecule has 0 saturated heterocycles. The van der Waals surface area contributed by atoms with Gasteiger partial charge >= 0.3 is 0 Å². The fourth-order valence-corrected chi connectivity index (χ4v) is 21.2. The molecule has 1 spiro atoms. The van der Waals surface area contributed by atoms with E-state index in [1.165, 1.54) is 246 Å². The summed E-state index contributed by atoms with van der Waals surface area (Å²) < 4.78 is 0. The Morgan fingerprint density at radius 3 is 0.566 bits per heavy atom. The van der Waals surface area contributed by atoms with E-state index in [0.717, 1.165) is 72.0 Å². The minimum Gasteiger partial charge on any atom is -0.0651 e. The summed E-state index contributed by atoms with van der Waals surface area (Å²) in [6.07, 6.45) is 4.64. The average molecular weight is 1520 g/mol. The zero-order chi connectivity index (χ0) is 86.4. The van der Waals surface area contributed by atoms with Crippen LogP contribution in [0.1, 0.15) is 301 Å². The largest absolute Gasteiger partial charge is 0.0651 e. The van der Waals surface area contributed by atoms with Gasteiger partial charge in [0.2, 0.25) is 0 Å². The Morgan fingerprint density at radius 2 is 0.381 bits per heavy atom. The molecule has 0 N–H and O–H groups in total. The Kier molecular flexibility index (Phi) is 34.2. The first kappa shape index (κ1) is 96.8. The molecule has 2 aliphatic carbocycles. The Balaban J connectivity index is 0.000000242. The zero-order valence-corrected chi connectivity index (χ0v) is 81.9. The topological polar surface area (TPSA) is 0 Å². The van der Waals surface area contributed by atoms with Crippen molar-refractivity contribution in [1.82, 2.24) is 0 Å². The summed E-state index contributed by atoms with van der Waals surface area (Å²) in [5, 5.41) is 2.97. The van der Waals surface area contributed by atoms with Crippen LogP contribution in [-0.4, -0.2) is 0 Å². The highest BCUT2D eigenvalue weighted by Crippen LogP contribution is 2.66. The number of benzene rings is 9. The number of hydrogen-bond acceptors (Lipinski definition) is 0. The highest BCUT2D eigenvalue weighted by Gasteiger charge is 2.61. The molecule has 0 aromatic heterocycles. The fraction of sp³-hybridized carbons (Fsp3) is 0.540. The van der Waals surface area contributed by atoms with E-state index in [9.17, 15) is 0 Å². The molecule has 0 amide bonds. The molecule has 0 heteroatoms. The first-order chi connectivity index (χ1) is 52.4. The van der Waals surface area contributed by atoms with E-state index in [0.29, 0.717) is 5.41 Å². The van der Waals surface area contributed by atoms with E-state index in [2.05, 4.69) is 373 Å². The van der Waals surface area contributed by atoms with Gasteiger partial charge in [-0.05, 0) is 553 Å². The highest BCUT2D eigenvalue weighted by atomic mass is 14.7. The second-order valence-corrected chi connectivity index (χ2v) is 37.3. The van der Waals surface area contributed by atoms with Crippen LogP contribution in [0.15, 0.2) is 60.7 Å². The van der Waals surface area contributed by atoms with Gasteiger partial charge in [-0.1, -0.05) is 150 Å². The third-order valence-corrected chi connectivity index (χ3v) is 33.7. The van der Waals surface area contributed by atoms with E-state index in [4.69, 9.17) is 0 Å². The molecular weight excluding hydrogens is 1360 g/mol. The van der Waals surface area contributed by atoms with Crippen molar-refractivity contribution in [3.63, 3.8) is 0 Å². The molecular formula is C113H166. The molecule has 0 bridgehead atoms. The number of rotatable bonds is 6. The third kappa shape index (κ3) is 19.1. The first-order valence-corrected chi connectivity index (χ1v) is 44.2. The van der Waals surface area contributed by atoms with Gasteiger partial charge in [0.05, 0.1) is 0 Å². The smallest absolute Gasteiger partial charge is 0.00149 e. The van der Waals surface area contributed by atoms with Crippen molar-refractivity contribution in [2.45, 2.75) is 344 Å². The van der Waals surface area contributed by atoms with Crippen LogP contribution < -0.4 is 0 Å². The summed E-state index contributed by atoms with van der Waals surface area (Å²) in [4.78, 5) is 0. The summed E-state index contributed by atoms with van der Waals surface area (Å²) in [5.74, 6) is 8.55. The maximum Gasteiger partial charge on any atom is -0.00149 e. The lowest BCUT2D eigenvalue weighted by atomic mass is 9.38. The monoisotopic (exact) mass is 1520 g/mol. The summed E-state index contributed by atoms with van der Waals surface area (Å²) in [6, 6.07) is 21.0. The van der Waals surface area contributed by atoms with Crippen molar-refractivity contribution < 1.29 is 0 Å². The summed E-state index contributed by atoms with van der Waals surface area (Å²) >= 11 is 0. The van der Waals surface area contributed by atoms with E-state index in [1.807, 2.05) is 6.07 Å². The number of aryl methyl sites for hydroxylation is 6. The molecule has 2 saturated carbocycles. The van der Waals surface area contributed by atoms with E-state index < -0.39 is 0 Å². The number of fused-ring (bicyclic) bond motifs is 1. The first-order valence-electron chi connectivity index (χ1n) is 44.2. The Hall–Kier alpha value is -6.76. The molecule has 2 aliphatic rings. The standard InChI is InChI=1S/C23H32.C22H30.C21H40.C18H24.C12H18.C9H12.C8H10/c1-12-14(3)18(7)22(19(8)15(12)4)11-23-20(9)16(5)13(2)17(6)21(23)10;1-11-13(3)17(7)21(18(8)14(11)4)22-19(9)15(5)12(2)16(6)20(22)10;1-11-13(3)17(7)21(18(8)14(11)4)19(9)15(5)12(2)16(6)20(21)10;1-9-10(2)14(6)18-16(8)12(4)11(3)15(7)17(18)13(9)5;1-7-8(2)10(4)12(6)11(5)9(7)3;1-2-6-9-7-4-3-5-8-9;1-2-8-6-4-3-5-7-8/h11H2,1-10H3;1-10H3;11-20H,1-10H3;1-8H3;1-6H3;3-5,7-8H,2,6H2,1H3;3-7H,2H2,1H3. The lowest BCUT2D eigenvalue weighted by Crippen LogP contribution is -2.62. The normalized spacial score (nSPS) is 20.3. The van der Waals surface area contributed by atoms with Crippen LogP contribution in [0.25, 0.3) is 21.9 Å². The quantitative estimate of drug-likeness (QED) is 0.156. The predicted molar refractivity (Wildman–Crippen MR) is 509 cm³/mol. The molecule has 8 unspecified atom stereocenters. The van der Waals surface area contributed by atoms with Crippen LogP contribution in [0.4, 0.5) is 0 Å². The van der Waals surface area contributed by atoms with Crippen LogP contribution in [0.3, 0.4) is 0 Å². The van der Waals surface area contributed by atoms with Gasteiger partial charge in [0.25, 0.3) is 0 Å². The molecule has 2 fully saturated rings. The second-order valence-electron chi connectivity index (χ2n) is 37.3. The van der Waals surface area contributed by atoms with E-state index >= 15 is 0 Å². The van der Waals surface area contributed by atoms with Gasteiger partial charge in [-0.3, -0.25) is 0 Å². The van der Waals surface area contributed by atoms with Gasteiger partial charge in [-0.25, -0.2) is 0 Å². The maximum atomic E-state index is 2.59. The van der Waals surface area contributed by atoms with Crippen molar-refractivity contribution in [3.05, 3.63) is 272 Å². The van der Waals surface area contributed by atoms with Crippen molar-refractivity contribution in [3.8, 4) is 11.1 Å². The van der Waals surface area contributed by atoms with E-state index in [1.54, 1.807) is 0 Å². The molecule has 8 atom stereocenters. The Bertz CT molecular complexity index is 4290. The summed E-state index contributed by atoms with van der Waals surface area (Å²) in [6.45, 7) is 107. The second kappa shape index (κ2) is 39.9. The summed E-state index contributed by atoms with van der Waals surface area (Å²) in [5.41, 5.74) is 58.7. The molecule has 0 heterocycles. The zero-order valence-electron chi connectivity index (χ0n) is 81.9. The van der Waals surface area contributed by atoms with Gasteiger partial charge in [0, 0.05) is 0 Å². The van der Waals surface area contributed by atoms with E-state index in [-0.39, 0.29) is 0 Å². The maximum absolute atomic E-state index is 2.59. The molecule has 9 aromatic rings. The Labute approximate surface area is 698 Å². The van der Waals surface area contributed by atoms with Gasteiger partial charge < -0.3 is 0 Å². The van der Waals surface area contributed by atoms with Crippen molar-refractivity contribution in [1.29, 1.82) is 0 Å². The average Bonchev–Trinajstić information content (AvgIpc) is 0.707. The molecule has 0 radical (unpaired) electrons. The molecule has 113 heavy (non-hydrogen) atoms. The van der Waals surface area contributed by atoms with Gasteiger partial charge in [0.1, 0.15) is 0 Å². The number of hydrogen-bond donors (Lipinski definition) is 0. The minimum absolute atomic E-state index is 0.538. The predicted octanol–water partition coefficient (Wildman–Crippen LogP) is 32.9. The molecule has 618 valence electrons. The van der Waals surface area contributed by atoms with Gasteiger partial charge in [-0.2, -0.15) is 0 Å². The minimum atomic E-state index is 0.538. The van der Waals surface area contributed by atoms with Crippen LogP contribution in [0.5, 0.6) is 0 Å². The lowest BCUT2D eigenvalue weighted by Gasteiger charge is -2.67. The fourth-order valence-electron chi connectivity index (χ4n) is 21.2. The van der Waals surface area contributed by atoms with Crippen molar-refractivity contribution in [2.75, 3.05) is 0 Å². The van der Waals surface area contributed by atoms with Crippen LogP contribution >= 0.6 is 0 Å². The van der Waals surface area contributed by atoms with Crippen molar-refractivity contribution in [2.24, 2.45) is 64.6 Å².